The number of aromatic nitrogens is 2. The molecule has 3 rings (SSSR count). The van der Waals surface area contributed by atoms with Crippen molar-refractivity contribution in [2.24, 2.45) is 0 Å². The van der Waals surface area contributed by atoms with Gasteiger partial charge < -0.3 is 5.11 Å². The van der Waals surface area contributed by atoms with Gasteiger partial charge in [0, 0.05) is 5.56 Å². The van der Waals surface area contributed by atoms with Crippen molar-refractivity contribution in [2.75, 3.05) is 0 Å². The minimum Gasteiger partial charge on any atom is -0.508 e. The lowest BCUT2D eigenvalue weighted by molar-refractivity contribution is 0.0970. The number of hydrogen-bond acceptors (Lipinski definition) is 4. The maximum atomic E-state index is 13.3. The van der Waals surface area contributed by atoms with E-state index in [1.54, 1.807) is 48.5 Å². The van der Waals surface area contributed by atoms with Crippen molar-refractivity contribution in [1.29, 1.82) is 0 Å². The number of carbonyl (C=O) groups excluding carboxylic acids is 1. The number of aromatic amines is 1. The van der Waals surface area contributed by atoms with Crippen LogP contribution in [0.15, 0.2) is 64.3 Å². The number of rotatable bonds is 5. The quantitative estimate of drug-likeness (QED) is 0.536. The average molecular weight is 366 g/mol. The van der Waals surface area contributed by atoms with Crippen LogP contribution in [0.3, 0.4) is 0 Å². The summed E-state index contributed by atoms with van der Waals surface area (Å²) in [6.45, 7) is -0.380. The summed E-state index contributed by atoms with van der Waals surface area (Å²) in [5.74, 6) is -1.33. The summed E-state index contributed by atoms with van der Waals surface area (Å²) in [6, 6.07) is 13.4. The van der Waals surface area contributed by atoms with Gasteiger partial charge in [-0.05, 0) is 23.3 Å². The first-order chi connectivity index (χ1) is 12.9. The molecule has 27 heavy (non-hydrogen) atoms. The molecule has 0 saturated carbocycles. The molecule has 3 aromatic rings. The number of benzene rings is 2. The lowest BCUT2D eigenvalue weighted by atomic mass is 10.1. The van der Waals surface area contributed by atoms with Crippen LogP contribution in [0.2, 0.25) is 0 Å². The highest BCUT2D eigenvalue weighted by Crippen LogP contribution is 2.13. The summed E-state index contributed by atoms with van der Waals surface area (Å²) >= 11 is 0. The minimum absolute atomic E-state index is 0.191. The van der Waals surface area contributed by atoms with E-state index in [9.17, 15) is 23.9 Å². The SMILES string of the molecule is O=C(Cn1cc(F)c(=O)[nH]c1=O)c1ccc(/C=C/c2ccc(O)cc2)cc1. The Morgan fingerprint density at radius 1 is 1.00 bits per heavy atom. The molecular weight excluding hydrogens is 351 g/mol. The van der Waals surface area contributed by atoms with Gasteiger partial charge >= 0.3 is 5.69 Å². The van der Waals surface area contributed by atoms with Gasteiger partial charge in [-0.2, -0.15) is 4.39 Å². The number of Topliss-reactive ketones (excluding diaryl/α,β-unsaturated/α-hetero) is 1. The lowest BCUT2D eigenvalue weighted by Crippen LogP contribution is -2.33. The standard InChI is InChI=1S/C20H15FN2O4/c21-17-11-23(20(27)22-19(17)26)12-18(25)15-7-3-13(4-8-15)1-2-14-5-9-16(24)10-6-14/h1-11,24H,12H2,(H,22,26,27)/b2-1+. The number of nitrogens with zero attached hydrogens (tertiary/aromatic N) is 1. The van der Waals surface area contributed by atoms with E-state index in [4.69, 9.17) is 0 Å². The summed E-state index contributed by atoms with van der Waals surface area (Å²) in [5.41, 5.74) is 0.159. The van der Waals surface area contributed by atoms with Crippen LogP contribution in [-0.4, -0.2) is 20.4 Å². The molecule has 0 fully saturated rings. The van der Waals surface area contributed by atoms with Gasteiger partial charge in [0.15, 0.2) is 5.78 Å². The van der Waals surface area contributed by atoms with Gasteiger partial charge in [0.1, 0.15) is 5.75 Å². The molecule has 0 aliphatic carbocycles. The molecule has 7 heteroatoms. The van der Waals surface area contributed by atoms with Crippen LogP contribution in [0.25, 0.3) is 12.2 Å². The van der Waals surface area contributed by atoms with E-state index < -0.39 is 22.8 Å². The second kappa shape index (κ2) is 7.65. The Hall–Kier alpha value is -3.74. The van der Waals surface area contributed by atoms with Gasteiger partial charge in [-0.25, -0.2) is 4.79 Å². The molecule has 0 aliphatic heterocycles. The minimum atomic E-state index is -1.13. The molecule has 2 aromatic carbocycles. The molecule has 2 N–H and O–H groups in total. The van der Waals surface area contributed by atoms with E-state index in [0.717, 1.165) is 15.7 Å². The van der Waals surface area contributed by atoms with Crippen LogP contribution < -0.4 is 11.2 Å². The summed E-state index contributed by atoms with van der Waals surface area (Å²) < 4.78 is 14.1. The Labute approximate surface area is 152 Å². The van der Waals surface area contributed by atoms with Crippen LogP contribution >= 0.6 is 0 Å². The Kier molecular flexibility index (Phi) is 5.12. The van der Waals surface area contributed by atoms with Gasteiger partial charge in [-0.3, -0.25) is 19.1 Å². The summed E-state index contributed by atoms with van der Waals surface area (Å²) in [7, 11) is 0. The number of halogens is 1. The lowest BCUT2D eigenvalue weighted by Gasteiger charge is -2.05. The first kappa shape index (κ1) is 18.1. The third kappa shape index (κ3) is 4.46. The Morgan fingerprint density at radius 2 is 1.56 bits per heavy atom. The van der Waals surface area contributed by atoms with Crippen molar-refractivity contribution < 1.29 is 14.3 Å². The van der Waals surface area contributed by atoms with Crippen molar-refractivity contribution >= 4 is 17.9 Å². The third-order valence-electron chi connectivity index (χ3n) is 3.88. The van der Waals surface area contributed by atoms with Crippen LogP contribution in [-0.2, 0) is 6.54 Å². The molecule has 0 saturated heterocycles. The van der Waals surface area contributed by atoms with E-state index in [1.165, 1.54) is 0 Å². The van der Waals surface area contributed by atoms with Crippen LogP contribution in [0.4, 0.5) is 4.39 Å². The topological polar surface area (TPSA) is 92.2 Å². The molecule has 1 heterocycles. The predicted octanol–water partition coefficient (Wildman–Crippen LogP) is 2.43. The molecule has 0 radical (unpaired) electrons. The van der Waals surface area contributed by atoms with E-state index >= 15 is 0 Å². The van der Waals surface area contributed by atoms with Crippen molar-refractivity contribution in [2.45, 2.75) is 6.54 Å². The van der Waals surface area contributed by atoms with Gasteiger partial charge in [0.25, 0.3) is 5.56 Å². The Bertz CT molecular complexity index is 1110. The smallest absolute Gasteiger partial charge is 0.328 e. The van der Waals surface area contributed by atoms with Gasteiger partial charge in [0.2, 0.25) is 5.82 Å². The van der Waals surface area contributed by atoms with Crippen LogP contribution in [0.5, 0.6) is 5.75 Å². The van der Waals surface area contributed by atoms with Crippen molar-refractivity contribution in [1.82, 2.24) is 9.55 Å². The Balaban J connectivity index is 1.72. The number of hydrogen-bond donors (Lipinski definition) is 2. The van der Waals surface area contributed by atoms with Gasteiger partial charge in [0.05, 0.1) is 12.7 Å². The zero-order valence-corrected chi connectivity index (χ0v) is 14.1. The fraction of sp³-hybridized carbons (Fsp3) is 0.0500. The first-order valence-electron chi connectivity index (χ1n) is 8.02. The first-order valence-corrected chi connectivity index (χ1v) is 8.02. The number of carbonyl (C=O) groups is 1. The molecule has 0 spiro atoms. The fourth-order valence-electron chi connectivity index (χ4n) is 2.40. The molecule has 1 aromatic heterocycles. The highest BCUT2D eigenvalue weighted by molar-refractivity contribution is 5.96. The number of aromatic hydroxyl groups is 1. The number of ketones is 1. The summed E-state index contributed by atoms with van der Waals surface area (Å²) in [5, 5.41) is 9.26. The van der Waals surface area contributed by atoms with Crippen molar-refractivity contribution in [3.63, 3.8) is 0 Å². The number of phenolic OH excluding ortho intramolecular Hbond substituents is 1. The van der Waals surface area contributed by atoms with E-state index in [0.29, 0.717) is 11.8 Å². The third-order valence-corrected chi connectivity index (χ3v) is 3.88. The van der Waals surface area contributed by atoms with Crippen LogP contribution in [0, 0.1) is 5.82 Å². The Morgan fingerprint density at radius 3 is 2.15 bits per heavy atom. The molecule has 0 amide bonds. The molecule has 136 valence electrons. The van der Waals surface area contributed by atoms with Gasteiger partial charge in [-0.15, -0.1) is 0 Å². The largest absolute Gasteiger partial charge is 0.508 e. The second-order valence-corrected chi connectivity index (χ2v) is 5.83. The maximum Gasteiger partial charge on any atom is 0.328 e. The normalized spacial score (nSPS) is 11.0. The van der Waals surface area contributed by atoms with E-state index in [1.807, 2.05) is 17.1 Å². The molecule has 6 nitrogen and oxygen atoms in total. The number of nitrogens with one attached hydrogen (secondary N) is 1. The average Bonchev–Trinajstić information content (AvgIpc) is 2.66. The molecule has 0 unspecified atom stereocenters. The molecule has 0 bridgehead atoms. The highest BCUT2D eigenvalue weighted by atomic mass is 19.1. The predicted molar refractivity (Wildman–Crippen MR) is 99.1 cm³/mol. The molecule has 0 aliphatic rings. The highest BCUT2D eigenvalue weighted by Gasteiger charge is 2.10. The van der Waals surface area contributed by atoms with Crippen molar-refractivity contribution in [3.8, 4) is 5.75 Å². The maximum absolute atomic E-state index is 13.3. The number of H-pyrrole nitrogens is 1. The molecule has 0 atom stereocenters. The second-order valence-electron chi connectivity index (χ2n) is 5.83. The molecular formula is C20H15FN2O4. The van der Waals surface area contributed by atoms with Crippen LogP contribution in [0.1, 0.15) is 21.5 Å². The summed E-state index contributed by atoms with van der Waals surface area (Å²) in [4.78, 5) is 36.7. The number of phenols is 1. The monoisotopic (exact) mass is 366 g/mol. The van der Waals surface area contributed by atoms with Crippen molar-refractivity contribution in [3.05, 3.63) is 98.1 Å². The fourth-order valence-corrected chi connectivity index (χ4v) is 2.40. The van der Waals surface area contributed by atoms with E-state index in [2.05, 4.69) is 0 Å². The zero-order valence-electron chi connectivity index (χ0n) is 14.1. The van der Waals surface area contributed by atoms with E-state index in [-0.39, 0.29) is 12.3 Å². The van der Waals surface area contributed by atoms with Gasteiger partial charge in [-0.1, -0.05) is 48.6 Å². The summed E-state index contributed by atoms with van der Waals surface area (Å²) in [6.07, 6.45) is 4.43. The zero-order chi connectivity index (χ0) is 19.4.